The largest absolute Gasteiger partial charge is 0.465 e. The van der Waals surface area contributed by atoms with Gasteiger partial charge in [0, 0.05) is 5.69 Å². The highest BCUT2D eigenvalue weighted by Crippen LogP contribution is 2.32. The Morgan fingerprint density at radius 3 is 2.92 bits per heavy atom. The summed E-state index contributed by atoms with van der Waals surface area (Å²) >= 11 is 0. The van der Waals surface area contributed by atoms with Crippen LogP contribution in [-0.2, 0) is 27.2 Å². The minimum Gasteiger partial charge on any atom is -0.465 e. The molecule has 12 nitrogen and oxygen atoms in total. The number of ether oxygens (including phenoxy) is 2. The standard InChI is InChI=1S/C26H32FN7O5/c1-14(33(2)3)24(36)30-17-8-16-6-15(7-19(16)20(27)9-17)10-28-5-4-18-12-34(26(37)39-18)21-11-29-25-23(31-21)32-22(35)13-38-25/h8-9,11,14-15,18,28H,4-7,10,12-13H2,1-3H3,(H,30,36)(H,31,32,35)/t14-,15?,18-/m1/s1. The minimum atomic E-state index is -0.526. The first-order valence-electron chi connectivity index (χ1n) is 12.9. The predicted octanol–water partition coefficient (Wildman–Crippen LogP) is 1.56. The Morgan fingerprint density at radius 2 is 2.13 bits per heavy atom. The molecule has 3 aliphatic rings. The summed E-state index contributed by atoms with van der Waals surface area (Å²) in [4.78, 5) is 47.9. The number of anilines is 3. The van der Waals surface area contributed by atoms with Gasteiger partial charge in [0.05, 0.1) is 18.8 Å². The molecule has 13 heteroatoms. The highest BCUT2D eigenvalue weighted by molar-refractivity contribution is 5.95. The fraction of sp³-hybridized carbons (Fsp3) is 0.500. The highest BCUT2D eigenvalue weighted by atomic mass is 19.1. The first kappa shape index (κ1) is 26.8. The second-order valence-electron chi connectivity index (χ2n) is 10.3. The second-order valence-corrected chi connectivity index (χ2v) is 10.3. The van der Waals surface area contributed by atoms with Crippen molar-refractivity contribution in [2.75, 3.05) is 55.9 Å². The summed E-state index contributed by atoms with van der Waals surface area (Å²) in [6.45, 7) is 3.28. The van der Waals surface area contributed by atoms with E-state index in [1.54, 1.807) is 11.8 Å². The molecule has 1 aliphatic carbocycles. The Labute approximate surface area is 225 Å². The number of nitrogens with zero attached hydrogens (tertiary/aromatic N) is 4. The van der Waals surface area contributed by atoms with Crippen molar-refractivity contribution >= 4 is 35.2 Å². The normalized spacial score (nSPS) is 20.7. The van der Waals surface area contributed by atoms with Crippen molar-refractivity contribution in [2.45, 2.75) is 38.3 Å². The number of carbonyl (C=O) groups is 3. The topological polar surface area (TPSA) is 138 Å². The molecular weight excluding hydrogens is 509 g/mol. The molecule has 1 fully saturated rings. The Balaban J connectivity index is 1.08. The van der Waals surface area contributed by atoms with Crippen LogP contribution in [0.5, 0.6) is 5.88 Å². The van der Waals surface area contributed by atoms with Gasteiger partial charge >= 0.3 is 6.09 Å². The van der Waals surface area contributed by atoms with Gasteiger partial charge in [0.2, 0.25) is 5.91 Å². The molecule has 3 amide bonds. The van der Waals surface area contributed by atoms with Crippen LogP contribution in [0.25, 0.3) is 0 Å². The van der Waals surface area contributed by atoms with Gasteiger partial charge in [0.1, 0.15) is 11.9 Å². The first-order valence-corrected chi connectivity index (χ1v) is 12.9. The minimum absolute atomic E-state index is 0.126. The first-order chi connectivity index (χ1) is 18.7. The maximum absolute atomic E-state index is 14.8. The molecule has 1 unspecified atom stereocenters. The zero-order valence-electron chi connectivity index (χ0n) is 22.1. The molecule has 39 heavy (non-hydrogen) atoms. The quantitative estimate of drug-likeness (QED) is 0.404. The molecule has 1 saturated heterocycles. The van der Waals surface area contributed by atoms with E-state index < -0.39 is 6.09 Å². The number of aromatic nitrogens is 2. The van der Waals surface area contributed by atoms with Gasteiger partial charge in [-0.25, -0.2) is 19.2 Å². The molecule has 3 N–H and O–H groups in total. The number of likely N-dealkylation sites (N-methyl/N-ethyl adjacent to an activating group) is 1. The zero-order chi connectivity index (χ0) is 27.7. The number of amides is 3. The predicted molar refractivity (Wildman–Crippen MR) is 140 cm³/mol. The van der Waals surface area contributed by atoms with Crippen LogP contribution in [0.4, 0.5) is 26.5 Å². The van der Waals surface area contributed by atoms with E-state index >= 15 is 0 Å². The van der Waals surface area contributed by atoms with Crippen LogP contribution in [0, 0.1) is 11.7 Å². The molecule has 1 aromatic carbocycles. The summed E-state index contributed by atoms with van der Waals surface area (Å²) in [5, 5.41) is 8.79. The van der Waals surface area contributed by atoms with Crippen molar-refractivity contribution in [1.29, 1.82) is 0 Å². The van der Waals surface area contributed by atoms with Gasteiger partial charge in [0.25, 0.3) is 11.8 Å². The number of halogens is 1. The third-order valence-electron chi connectivity index (χ3n) is 7.26. The molecule has 0 saturated carbocycles. The third-order valence-corrected chi connectivity index (χ3v) is 7.26. The van der Waals surface area contributed by atoms with E-state index in [0.717, 1.165) is 12.0 Å². The van der Waals surface area contributed by atoms with Gasteiger partial charge in [-0.1, -0.05) is 0 Å². The van der Waals surface area contributed by atoms with Crippen LogP contribution in [0.3, 0.4) is 0 Å². The van der Waals surface area contributed by atoms with E-state index in [9.17, 15) is 18.8 Å². The number of carbonyl (C=O) groups excluding carboxylic acids is 3. The molecule has 5 rings (SSSR count). The number of nitrogens with one attached hydrogen (secondary N) is 3. The Hall–Kier alpha value is -3.84. The van der Waals surface area contributed by atoms with Crippen molar-refractivity contribution in [2.24, 2.45) is 5.92 Å². The van der Waals surface area contributed by atoms with Crippen molar-refractivity contribution in [3.05, 3.63) is 35.3 Å². The van der Waals surface area contributed by atoms with Crippen LogP contribution in [0.2, 0.25) is 0 Å². The van der Waals surface area contributed by atoms with Crippen molar-refractivity contribution in [3.63, 3.8) is 0 Å². The van der Waals surface area contributed by atoms with Crippen LogP contribution in [0.1, 0.15) is 24.5 Å². The molecule has 3 heterocycles. The Bertz CT molecular complexity index is 1290. The molecule has 3 atom stereocenters. The van der Waals surface area contributed by atoms with Crippen LogP contribution in [0.15, 0.2) is 18.3 Å². The highest BCUT2D eigenvalue weighted by Gasteiger charge is 2.34. The molecule has 2 aliphatic heterocycles. The lowest BCUT2D eigenvalue weighted by Gasteiger charge is -2.19. The molecule has 0 radical (unpaired) electrons. The van der Waals surface area contributed by atoms with Gasteiger partial charge in [-0.15, -0.1) is 0 Å². The number of benzene rings is 1. The van der Waals surface area contributed by atoms with Crippen molar-refractivity contribution < 1.29 is 28.2 Å². The SMILES string of the molecule is C[C@H](C(=O)Nc1cc(F)c2c(c1)CC(CNCC[C@@H]1CN(c3cnc4c(n3)NC(=O)CO4)C(=O)O1)C2)N(C)C. The molecular formula is C26H32FN7O5. The monoisotopic (exact) mass is 541 g/mol. The van der Waals surface area contributed by atoms with Crippen molar-refractivity contribution in [3.8, 4) is 5.88 Å². The van der Waals surface area contributed by atoms with E-state index in [-0.39, 0.29) is 59.8 Å². The number of rotatable bonds is 9. The average Bonchev–Trinajstić information content (AvgIpc) is 3.48. The van der Waals surface area contributed by atoms with Gasteiger partial charge in [0.15, 0.2) is 18.2 Å². The summed E-state index contributed by atoms with van der Waals surface area (Å²) in [6.07, 6.45) is 2.49. The van der Waals surface area contributed by atoms with Crippen molar-refractivity contribution in [1.82, 2.24) is 20.2 Å². The van der Waals surface area contributed by atoms with Gasteiger partial charge in [-0.05, 0) is 82.5 Å². The maximum Gasteiger partial charge on any atom is 0.415 e. The Kier molecular flexibility index (Phi) is 7.62. The molecule has 208 valence electrons. The third kappa shape index (κ3) is 5.93. The zero-order valence-corrected chi connectivity index (χ0v) is 22.1. The molecule has 2 aromatic rings. The van der Waals surface area contributed by atoms with E-state index in [1.165, 1.54) is 17.2 Å². The van der Waals surface area contributed by atoms with Crippen LogP contribution in [-0.4, -0.2) is 85.3 Å². The molecule has 0 bridgehead atoms. The van der Waals surface area contributed by atoms with Gasteiger partial charge in [-0.3, -0.25) is 19.4 Å². The molecule has 1 aromatic heterocycles. The van der Waals surface area contributed by atoms with E-state index in [4.69, 9.17) is 9.47 Å². The summed E-state index contributed by atoms with van der Waals surface area (Å²) in [7, 11) is 3.64. The second kappa shape index (κ2) is 11.1. The summed E-state index contributed by atoms with van der Waals surface area (Å²) < 4.78 is 25.5. The lowest BCUT2D eigenvalue weighted by Crippen LogP contribution is -2.37. The number of cyclic esters (lactones) is 1. The number of hydrogen-bond acceptors (Lipinski definition) is 9. The lowest BCUT2D eigenvalue weighted by atomic mass is 10.1. The smallest absolute Gasteiger partial charge is 0.415 e. The van der Waals surface area contributed by atoms with Gasteiger partial charge < -0.3 is 25.4 Å². The number of hydrogen-bond donors (Lipinski definition) is 3. The molecule has 0 spiro atoms. The summed E-state index contributed by atoms with van der Waals surface area (Å²) in [6, 6.07) is 2.93. The number of fused-ring (bicyclic) bond motifs is 2. The average molecular weight is 542 g/mol. The van der Waals surface area contributed by atoms with Crippen LogP contribution >= 0.6 is 0 Å². The maximum atomic E-state index is 14.8. The van der Waals surface area contributed by atoms with E-state index in [0.29, 0.717) is 43.7 Å². The van der Waals surface area contributed by atoms with Crippen LogP contribution < -0.4 is 25.6 Å². The van der Waals surface area contributed by atoms with Gasteiger partial charge in [-0.2, -0.15) is 0 Å². The van der Waals surface area contributed by atoms with E-state index in [1.807, 2.05) is 20.2 Å². The lowest BCUT2D eigenvalue weighted by molar-refractivity contribution is -0.120. The van der Waals surface area contributed by atoms with E-state index in [2.05, 4.69) is 25.9 Å². The fourth-order valence-electron chi connectivity index (χ4n) is 4.89. The fourth-order valence-corrected chi connectivity index (χ4v) is 4.89. The Morgan fingerprint density at radius 1 is 1.31 bits per heavy atom. The summed E-state index contributed by atoms with van der Waals surface area (Å²) in [5.41, 5.74) is 2.10. The summed E-state index contributed by atoms with van der Waals surface area (Å²) in [5.74, 6) is 0.0773.